The second kappa shape index (κ2) is 8.86. The number of rotatable bonds is 7. The number of ether oxygens (including phenoxy) is 1. The Morgan fingerprint density at radius 1 is 1.12 bits per heavy atom. The fraction of sp³-hybridized carbons (Fsp3) is 0.278. The van der Waals surface area contributed by atoms with Crippen LogP contribution in [0.25, 0.3) is 0 Å². The Labute approximate surface area is 144 Å². The fourth-order valence-electron chi connectivity index (χ4n) is 2.23. The fourth-order valence-corrected chi connectivity index (χ4v) is 2.23. The van der Waals surface area contributed by atoms with Crippen LogP contribution >= 0.6 is 0 Å². The number of hydrogen-bond donors (Lipinski definition) is 3. The minimum atomic E-state index is -2.88. The van der Waals surface area contributed by atoms with Gasteiger partial charge in [-0.05, 0) is 61.7 Å². The number of anilines is 1. The van der Waals surface area contributed by atoms with E-state index in [0.29, 0.717) is 5.69 Å². The first-order chi connectivity index (χ1) is 11.9. The van der Waals surface area contributed by atoms with Crippen molar-refractivity contribution >= 4 is 11.7 Å². The van der Waals surface area contributed by atoms with Gasteiger partial charge in [-0.2, -0.15) is 8.78 Å². The number of carbonyl (C=O) groups excluding carboxylic acids is 1. The molecule has 2 aromatic rings. The summed E-state index contributed by atoms with van der Waals surface area (Å²) in [6, 6.07) is 12.2. The summed E-state index contributed by atoms with van der Waals surface area (Å²) in [6.07, 6.45) is 1.50. The van der Waals surface area contributed by atoms with Crippen molar-refractivity contribution in [1.82, 2.24) is 5.32 Å². The third kappa shape index (κ3) is 6.66. The number of phenols is 1. The molecule has 0 heterocycles. The molecule has 2 aromatic carbocycles. The first-order valence-electron chi connectivity index (χ1n) is 7.82. The van der Waals surface area contributed by atoms with E-state index in [-0.39, 0.29) is 23.6 Å². The SMILES string of the molecule is C[C@@H](CCc1ccc(O)cc1)NC(=O)Nc1ccc(OC(F)F)cc1. The Morgan fingerprint density at radius 3 is 2.36 bits per heavy atom. The molecule has 0 aliphatic rings. The lowest BCUT2D eigenvalue weighted by atomic mass is 10.1. The highest BCUT2D eigenvalue weighted by atomic mass is 19.3. The molecule has 2 amide bonds. The number of alkyl halides is 2. The average molecular weight is 350 g/mol. The summed E-state index contributed by atoms with van der Waals surface area (Å²) in [5.41, 5.74) is 1.55. The Morgan fingerprint density at radius 2 is 1.76 bits per heavy atom. The number of urea groups is 1. The van der Waals surface area contributed by atoms with Gasteiger partial charge in [0, 0.05) is 11.7 Å². The number of aryl methyl sites for hydroxylation is 1. The molecule has 25 heavy (non-hydrogen) atoms. The normalized spacial score (nSPS) is 11.8. The molecule has 0 aromatic heterocycles. The van der Waals surface area contributed by atoms with Crippen LogP contribution in [0.3, 0.4) is 0 Å². The van der Waals surface area contributed by atoms with Crippen LogP contribution in [0.15, 0.2) is 48.5 Å². The third-order valence-electron chi connectivity index (χ3n) is 3.52. The lowest BCUT2D eigenvalue weighted by molar-refractivity contribution is -0.0498. The number of benzene rings is 2. The zero-order chi connectivity index (χ0) is 18.2. The van der Waals surface area contributed by atoms with Crippen molar-refractivity contribution in [3.63, 3.8) is 0 Å². The van der Waals surface area contributed by atoms with Gasteiger partial charge in [-0.3, -0.25) is 0 Å². The number of phenolic OH excluding ortho intramolecular Hbond substituents is 1. The van der Waals surface area contributed by atoms with E-state index in [1.807, 2.05) is 19.1 Å². The molecule has 134 valence electrons. The van der Waals surface area contributed by atoms with E-state index in [1.54, 1.807) is 12.1 Å². The molecule has 2 rings (SSSR count). The van der Waals surface area contributed by atoms with Gasteiger partial charge in [-0.25, -0.2) is 4.79 Å². The first-order valence-corrected chi connectivity index (χ1v) is 7.82. The Balaban J connectivity index is 1.76. The van der Waals surface area contributed by atoms with Crippen LogP contribution in [0.2, 0.25) is 0 Å². The van der Waals surface area contributed by atoms with Crippen molar-refractivity contribution < 1.29 is 23.4 Å². The van der Waals surface area contributed by atoms with Crippen LogP contribution in [-0.2, 0) is 6.42 Å². The van der Waals surface area contributed by atoms with E-state index >= 15 is 0 Å². The van der Waals surface area contributed by atoms with Crippen LogP contribution < -0.4 is 15.4 Å². The molecule has 0 aliphatic heterocycles. The minimum Gasteiger partial charge on any atom is -0.508 e. The molecule has 0 radical (unpaired) electrons. The predicted octanol–water partition coefficient (Wildman–Crippen LogP) is 4.14. The maximum absolute atomic E-state index is 12.1. The summed E-state index contributed by atoms with van der Waals surface area (Å²) >= 11 is 0. The lowest BCUT2D eigenvalue weighted by Gasteiger charge is -2.15. The van der Waals surface area contributed by atoms with Crippen molar-refractivity contribution in [2.75, 3.05) is 5.32 Å². The molecule has 1 atom stereocenters. The molecule has 0 saturated carbocycles. The summed E-state index contributed by atoms with van der Waals surface area (Å²) < 4.78 is 28.4. The molecule has 0 fully saturated rings. The highest BCUT2D eigenvalue weighted by molar-refractivity contribution is 5.89. The molecule has 0 spiro atoms. The van der Waals surface area contributed by atoms with Crippen LogP contribution in [0.1, 0.15) is 18.9 Å². The molecule has 0 aliphatic carbocycles. The first kappa shape index (κ1) is 18.5. The van der Waals surface area contributed by atoms with Gasteiger partial charge >= 0.3 is 12.6 Å². The maximum Gasteiger partial charge on any atom is 0.387 e. The van der Waals surface area contributed by atoms with E-state index in [2.05, 4.69) is 15.4 Å². The lowest BCUT2D eigenvalue weighted by Crippen LogP contribution is -2.36. The van der Waals surface area contributed by atoms with E-state index in [0.717, 1.165) is 18.4 Å². The van der Waals surface area contributed by atoms with Crippen molar-refractivity contribution in [1.29, 1.82) is 0 Å². The molecule has 5 nitrogen and oxygen atoms in total. The molecule has 0 saturated heterocycles. The summed E-state index contributed by atoms with van der Waals surface area (Å²) in [6.45, 7) is -0.990. The Kier molecular flexibility index (Phi) is 6.56. The largest absolute Gasteiger partial charge is 0.508 e. The van der Waals surface area contributed by atoms with Crippen LogP contribution in [0.5, 0.6) is 11.5 Å². The van der Waals surface area contributed by atoms with Gasteiger partial charge in [0.1, 0.15) is 11.5 Å². The summed E-state index contributed by atoms with van der Waals surface area (Å²) in [5, 5.41) is 14.7. The van der Waals surface area contributed by atoms with E-state index in [4.69, 9.17) is 0 Å². The quantitative estimate of drug-likeness (QED) is 0.703. The molecule has 0 bridgehead atoms. The number of halogens is 2. The van der Waals surface area contributed by atoms with Gasteiger partial charge < -0.3 is 20.5 Å². The Bertz CT molecular complexity index is 676. The number of nitrogens with one attached hydrogen (secondary N) is 2. The van der Waals surface area contributed by atoms with E-state index in [1.165, 1.54) is 24.3 Å². The van der Waals surface area contributed by atoms with Crippen LogP contribution in [0, 0.1) is 0 Å². The molecule has 3 N–H and O–H groups in total. The molecular weight excluding hydrogens is 330 g/mol. The van der Waals surface area contributed by atoms with Gasteiger partial charge in [-0.15, -0.1) is 0 Å². The summed E-state index contributed by atoms with van der Waals surface area (Å²) in [5.74, 6) is 0.252. The predicted molar refractivity (Wildman–Crippen MR) is 91.1 cm³/mol. The number of carbonyl (C=O) groups is 1. The van der Waals surface area contributed by atoms with E-state index < -0.39 is 6.61 Å². The molecular formula is C18H20F2N2O3. The van der Waals surface area contributed by atoms with Gasteiger partial charge in [0.2, 0.25) is 0 Å². The standard InChI is InChI=1S/C18H20F2N2O3/c1-12(2-3-13-4-8-15(23)9-5-13)21-18(24)22-14-6-10-16(11-7-14)25-17(19)20/h4-12,17,23H,2-3H2,1H3,(H2,21,22,24)/t12-/m0/s1. The monoisotopic (exact) mass is 350 g/mol. The zero-order valence-corrected chi connectivity index (χ0v) is 13.7. The highest BCUT2D eigenvalue weighted by Gasteiger charge is 2.09. The minimum absolute atomic E-state index is 0.0308. The number of amides is 2. The second-order valence-corrected chi connectivity index (χ2v) is 5.61. The second-order valence-electron chi connectivity index (χ2n) is 5.61. The smallest absolute Gasteiger partial charge is 0.387 e. The van der Waals surface area contributed by atoms with Gasteiger partial charge in [0.05, 0.1) is 0 Å². The Hall–Kier alpha value is -2.83. The van der Waals surface area contributed by atoms with Gasteiger partial charge in [-0.1, -0.05) is 12.1 Å². The topological polar surface area (TPSA) is 70.6 Å². The maximum atomic E-state index is 12.1. The zero-order valence-electron chi connectivity index (χ0n) is 13.7. The van der Waals surface area contributed by atoms with Gasteiger partial charge in [0.15, 0.2) is 0 Å². The summed E-state index contributed by atoms with van der Waals surface area (Å²) in [4.78, 5) is 11.9. The van der Waals surface area contributed by atoms with Crippen LogP contribution in [0.4, 0.5) is 19.3 Å². The number of hydrogen-bond acceptors (Lipinski definition) is 3. The average Bonchev–Trinajstić information content (AvgIpc) is 2.55. The summed E-state index contributed by atoms with van der Waals surface area (Å²) in [7, 11) is 0. The van der Waals surface area contributed by atoms with Crippen molar-refractivity contribution in [3.05, 3.63) is 54.1 Å². The highest BCUT2D eigenvalue weighted by Crippen LogP contribution is 2.17. The van der Waals surface area contributed by atoms with Crippen molar-refractivity contribution in [3.8, 4) is 11.5 Å². The molecule has 0 unspecified atom stereocenters. The van der Waals surface area contributed by atoms with Crippen molar-refractivity contribution in [2.45, 2.75) is 32.4 Å². The molecule has 7 heteroatoms. The van der Waals surface area contributed by atoms with Gasteiger partial charge in [0.25, 0.3) is 0 Å². The third-order valence-corrected chi connectivity index (χ3v) is 3.52. The van der Waals surface area contributed by atoms with Crippen molar-refractivity contribution in [2.24, 2.45) is 0 Å². The van der Waals surface area contributed by atoms with Crippen LogP contribution in [-0.4, -0.2) is 23.8 Å². The number of aromatic hydroxyl groups is 1. The van der Waals surface area contributed by atoms with E-state index in [9.17, 15) is 18.7 Å².